The number of ether oxygens (including phenoxy) is 1. The van der Waals surface area contributed by atoms with Gasteiger partial charge in [-0.15, -0.1) is 0 Å². The van der Waals surface area contributed by atoms with Crippen LogP contribution in [0.2, 0.25) is 0 Å². The smallest absolute Gasteiger partial charge is 0.326 e. The number of carbonyl (C=O) groups is 3. The van der Waals surface area contributed by atoms with Gasteiger partial charge in [-0.05, 0) is 48.2 Å². The van der Waals surface area contributed by atoms with Crippen molar-refractivity contribution >= 4 is 39.8 Å². The molecule has 0 bridgehead atoms. The molecule has 2 amide bonds. The molecule has 8 heteroatoms. The summed E-state index contributed by atoms with van der Waals surface area (Å²) in [4.78, 5) is 37.4. The Kier molecular flexibility index (Phi) is 8.81. The largest absolute Gasteiger partial charge is 0.496 e. The number of halogens is 1. The number of nitrogens with one attached hydrogen (secondary N) is 2. The highest BCUT2D eigenvalue weighted by atomic mass is 79.9. The van der Waals surface area contributed by atoms with E-state index in [-0.39, 0.29) is 23.6 Å². The van der Waals surface area contributed by atoms with Crippen molar-refractivity contribution in [3.05, 3.63) is 69.8 Å². The Hall–Kier alpha value is -3.13. The molecule has 2 rings (SSSR count). The average Bonchev–Trinajstić information content (AvgIpc) is 2.73. The van der Waals surface area contributed by atoms with E-state index in [1.165, 1.54) is 13.2 Å². The Bertz CT molecular complexity index is 970. The van der Waals surface area contributed by atoms with Crippen molar-refractivity contribution in [2.24, 2.45) is 5.92 Å². The summed E-state index contributed by atoms with van der Waals surface area (Å²) in [5, 5.41) is 14.6. The van der Waals surface area contributed by atoms with Crippen LogP contribution in [0.1, 0.15) is 36.2 Å². The van der Waals surface area contributed by atoms with Crippen molar-refractivity contribution in [3.8, 4) is 5.75 Å². The number of rotatable bonds is 9. The molecule has 0 fully saturated rings. The number of hydrogen-bond donors (Lipinski definition) is 3. The molecule has 0 aliphatic heterocycles. The van der Waals surface area contributed by atoms with E-state index in [9.17, 15) is 19.5 Å². The van der Waals surface area contributed by atoms with Gasteiger partial charge >= 0.3 is 5.97 Å². The lowest BCUT2D eigenvalue weighted by atomic mass is 10.0. The highest BCUT2D eigenvalue weighted by Crippen LogP contribution is 2.18. The lowest BCUT2D eigenvalue weighted by Gasteiger charge is -2.18. The molecule has 3 N–H and O–H groups in total. The van der Waals surface area contributed by atoms with Crippen LogP contribution in [0.25, 0.3) is 6.08 Å². The van der Waals surface area contributed by atoms with Crippen LogP contribution in [0, 0.1) is 5.92 Å². The van der Waals surface area contributed by atoms with Crippen molar-refractivity contribution < 1.29 is 24.2 Å². The van der Waals surface area contributed by atoms with Gasteiger partial charge < -0.3 is 20.5 Å². The topological polar surface area (TPSA) is 105 Å². The predicted octanol–water partition coefficient (Wildman–Crippen LogP) is 3.84. The fourth-order valence-electron chi connectivity index (χ4n) is 2.83. The fraction of sp³-hybridized carbons (Fsp3) is 0.261. The van der Waals surface area contributed by atoms with Gasteiger partial charge in [-0.1, -0.05) is 54.0 Å². The normalized spacial score (nSPS) is 12.2. The first-order valence-corrected chi connectivity index (χ1v) is 10.5. The third-order valence-corrected chi connectivity index (χ3v) is 4.86. The molecule has 7 nitrogen and oxygen atoms in total. The molecule has 2 aromatic carbocycles. The number of aliphatic carboxylic acids is 1. The monoisotopic (exact) mass is 488 g/mol. The molecule has 0 saturated heterocycles. The third kappa shape index (κ3) is 7.25. The van der Waals surface area contributed by atoms with Gasteiger partial charge in [0.2, 0.25) is 0 Å². The summed E-state index contributed by atoms with van der Waals surface area (Å²) in [6, 6.07) is 12.6. The van der Waals surface area contributed by atoms with E-state index < -0.39 is 23.8 Å². The SMILES string of the molecule is COc1ccccc1C(=O)NC(=Cc1ccc(Br)cc1)C(=O)NC(CC(C)C)C(=O)O. The van der Waals surface area contributed by atoms with Gasteiger partial charge in [0.05, 0.1) is 12.7 Å². The van der Waals surface area contributed by atoms with Crippen molar-refractivity contribution in [1.29, 1.82) is 0 Å². The predicted molar refractivity (Wildman–Crippen MR) is 122 cm³/mol. The van der Waals surface area contributed by atoms with Gasteiger partial charge in [0.1, 0.15) is 17.5 Å². The van der Waals surface area contributed by atoms with E-state index in [1.807, 2.05) is 13.8 Å². The molecule has 0 aliphatic rings. The van der Waals surface area contributed by atoms with Gasteiger partial charge in [0.15, 0.2) is 0 Å². The van der Waals surface area contributed by atoms with Gasteiger partial charge in [-0.2, -0.15) is 0 Å². The minimum atomic E-state index is -1.14. The molecule has 1 atom stereocenters. The van der Waals surface area contributed by atoms with Crippen molar-refractivity contribution in [2.75, 3.05) is 7.11 Å². The first-order valence-electron chi connectivity index (χ1n) is 9.66. The van der Waals surface area contributed by atoms with Crippen LogP contribution in [-0.4, -0.2) is 36.0 Å². The molecule has 31 heavy (non-hydrogen) atoms. The van der Waals surface area contributed by atoms with Crippen LogP contribution in [0.15, 0.2) is 58.7 Å². The number of carboxylic acid groups (broad SMARTS) is 1. The summed E-state index contributed by atoms with van der Waals surface area (Å²) >= 11 is 3.35. The number of carboxylic acids is 1. The summed E-state index contributed by atoms with van der Waals surface area (Å²) in [6.07, 6.45) is 1.75. The molecule has 2 aromatic rings. The van der Waals surface area contributed by atoms with Gasteiger partial charge in [0.25, 0.3) is 11.8 Å². The summed E-state index contributed by atoms with van der Waals surface area (Å²) in [6.45, 7) is 3.73. The number of benzene rings is 2. The summed E-state index contributed by atoms with van der Waals surface area (Å²) in [5.74, 6) is -1.97. The lowest BCUT2D eigenvalue weighted by molar-refractivity contribution is -0.141. The van der Waals surface area contributed by atoms with Crippen molar-refractivity contribution in [2.45, 2.75) is 26.3 Å². The molecule has 164 valence electrons. The Morgan fingerprint density at radius 1 is 1.10 bits per heavy atom. The summed E-state index contributed by atoms with van der Waals surface area (Å²) < 4.78 is 6.07. The van der Waals surface area contributed by atoms with Crippen LogP contribution in [-0.2, 0) is 9.59 Å². The Labute approximate surface area is 189 Å². The van der Waals surface area contributed by atoms with Crippen LogP contribution < -0.4 is 15.4 Å². The van der Waals surface area contributed by atoms with E-state index in [1.54, 1.807) is 48.5 Å². The van der Waals surface area contributed by atoms with Crippen LogP contribution in [0.3, 0.4) is 0 Å². The van der Waals surface area contributed by atoms with E-state index in [2.05, 4.69) is 26.6 Å². The average molecular weight is 489 g/mol. The van der Waals surface area contributed by atoms with E-state index in [4.69, 9.17) is 4.74 Å². The van der Waals surface area contributed by atoms with Gasteiger partial charge in [0, 0.05) is 4.47 Å². The molecule has 1 unspecified atom stereocenters. The second-order valence-corrected chi connectivity index (χ2v) is 8.17. The third-order valence-electron chi connectivity index (χ3n) is 4.34. The maximum atomic E-state index is 12.9. The highest BCUT2D eigenvalue weighted by molar-refractivity contribution is 9.10. The lowest BCUT2D eigenvalue weighted by Crippen LogP contribution is -2.45. The minimum absolute atomic E-state index is 0.0588. The Morgan fingerprint density at radius 3 is 2.32 bits per heavy atom. The van der Waals surface area contributed by atoms with E-state index in [0.29, 0.717) is 11.3 Å². The second kappa shape index (κ2) is 11.3. The van der Waals surface area contributed by atoms with Crippen LogP contribution in [0.4, 0.5) is 0 Å². The maximum absolute atomic E-state index is 12.9. The zero-order chi connectivity index (χ0) is 23.0. The van der Waals surface area contributed by atoms with Crippen molar-refractivity contribution in [3.63, 3.8) is 0 Å². The number of para-hydroxylation sites is 1. The molecule has 0 aromatic heterocycles. The maximum Gasteiger partial charge on any atom is 0.326 e. The second-order valence-electron chi connectivity index (χ2n) is 7.26. The number of methoxy groups -OCH3 is 1. The first kappa shape index (κ1) is 24.1. The van der Waals surface area contributed by atoms with Crippen molar-refractivity contribution in [1.82, 2.24) is 10.6 Å². The molecule has 0 radical (unpaired) electrons. The first-order chi connectivity index (χ1) is 14.7. The summed E-state index contributed by atoms with van der Waals surface area (Å²) in [7, 11) is 1.45. The molecular formula is C23H25BrN2O5. The number of amides is 2. The molecule has 0 saturated carbocycles. The Balaban J connectivity index is 2.36. The number of hydrogen-bond acceptors (Lipinski definition) is 4. The Morgan fingerprint density at radius 2 is 1.74 bits per heavy atom. The quantitative estimate of drug-likeness (QED) is 0.465. The highest BCUT2D eigenvalue weighted by Gasteiger charge is 2.24. The van der Waals surface area contributed by atoms with Crippen LogP contribution in [0.5, 0.6) is 5.75 Å². The van der Waals surface area contributed by atoms with E-state index >= 15 is 0 Å². The molecular weight excluding hydrogens is 464 g/mol. The van der Waals surface area contributed by atoms with Gasteiger partial charge in [-0.25, -0.2) is 4.79 Å². The number of carbonyl (C=O) groups excluding carboxylic acids is 2. The zero-order valence-corrected chi connectivity index (χ0v) is 19.1. The standard InChI is InChI=1S/C23H25BrN2O5/c1-14(2)12-19(23(29)30)26-22(28)18(13-15-8-10-16(24)11-9-15)25-21(27)17-6-4-5-7-20(17)31-3/h4-11,13-14,19H,12H2,1-3H3,(H,25,27)(H,26,28)(H,29,30). The van der Waals surface area contributed by atoms with Gasteiger partial charge in [-0.3, -0.25) is 9.59 Å². The van der Waals surface area contributed by atoms with Crippen LogP contribution >= 0.6 is 15.9 Å². The van der Waals surface area contributed by atoms with E-state index in [0.717, 1.165) is 4.47 Å². The fourth-order valence-corrected chi connectivity index (χ4v) is 3.10. The summed E-state index contributed by atoms with van der Waals surface area (Å²) in [5.41, 5.74) is 0.828. The molecule has 0 spiro atoms. The zero-order valence-electron chi connectivity index (χ0n) is 17.5. The molecule has 0 heterocycles. The minimum Gasteiger partial charge on any atom is -0.496 e. The molecule has 0 aliphatic carbocycles.